The lowest BCUT2D eigenvalue weighted by Gasteiger charge is -2.12. The highest BCUT2D eigenvalue weighted by molar-refractivity contribution is 9.10. The van der Waals surface area contributed by atoms with E-state index in [2.05, 4.69) is 15.9 Å². The third-order valence-corrected chi connectivity index (χ3v) is 3.48. The molecule has 0 heterocycles. The SMILES string of the molecule is O=CC1(COc2ccc(C(F)F)cc2Br)CC1. The van der Waals surface area contributed by atoms with Crippen LogP contribution >= 0.6 is 15.9 Å². The molecule has 1 saturated carbocycles. The van der Waals surface area contributed by atoms with Crippen molar-refractivity contribution in [2.24, 2.45) is 5.41 Å². The zero-order valence-electron chi connectivity index (χ0n) is 8.96. The molecule has 0 spiro atoms. The van der Waals surface area contributed by atoms with Gasteiger partial charge in [-0.25, -0.2) is 8.78 Å². The Bertz CT molecular complexity index is 431. The molecule has 0 aliphatic heterocycles. The van der Waals surface area contributed by atoms with Crippen molar-refractivity contribution >= 4 is 22.2 Å². The minimum atomic E-state index is -2.50. The Balaban J connectivity index is 2.04. The molecule has 92 valence electrons. The molecule has 1 aliphatic carbocycles. The highest BCUT2D eigenvalue weighted by Gasteiger charge is 2.43. The number of ether oxygens (including phenoxy) is 1. The molecule has 0 bridgehead atoms. The third-order valence-electron chi connectivity index (χ3n) is 2.87. The van der Waals surface area contributed by atoms with E-state index < -0.39 is 6.43 Å². The van der Waals surface area contributed by atoms with E-state index in [0.717, 1.165) is 19.1 Å². The number of aldehydes is 1. The van der Waals surface area contributed by atoms with E-state index >= 15 is 0 Å². The summed E-state index contributed by atoms with van der Waals surface area (Å²) in [5.74, 6) is 0.488. The Kier molecular flexibility index (Phi) is 3.47. The molecule has 0 radical (unpaired) electrons. The Morgan fingerprint density at radius 1 is 1.47 bits per heavy atom. The second-order valence-corrected chi connectivity index (χ2v) is 5.11. The monoisotopic (exact) mass is 304 g/mol. The second kappa shape index (κ2) is 4.72. The number of alkyl halides is 2. The summed E-state index contributed by atoms with van der Waals surface area (Å²) in [6.07, 6.45) is 0.0890. The van der Waals surface area contributed by atoms with Crippen LogP contribution in [0.15, 0.2) is 22.7 Å². The van der Waals surface area contributed by atoms with E-state index in [4.69, 9.17) is 4.74 Å². The maximum atomic E-state index is 12.4. The first-order chi connectivity index (χ1) is 8.06. The van der Waals surface area contributed by atoms with Crippen LogP contribution in [0.3, 0.4) is 0 Å². The summed E-state index contributed by atoms with van der Waals surface area (Å²) >= 11 is 3.18. The fraction of sp³-hybridized carbons (Fsp3) is 0.417. The molecule has 0 N–H and O–H groups in total. The number of halogens is 3. The van der Waals surface area contributed by atoms with Gasteiger partial charge in [0, 0.05) is 5.56 Å². The largest absolute Gasteiger partial charge is 0.491 e. The average molecular weight is 305 g/mol. The first-order valence-electron chi connectivity index (χ1n) is 5.23. The van der Waals surface area contributed by atoms with Crippen molar-refractivity contribution in [1.29, 1.82) is 0 Å². The lowest BCUT2D eigenvalue weighted by atomic mass is 10.1. The van der Waals surface area contributed by atoms with Crippen molar-refractivity contribution in [3.8, 4) is 5.75 Å². The smallest absolute Gasteiger partial charge is 0.263 e. The first kappa shape index (κ1) is 12.5. The van der Waals surface area contributed by atoms with E-state index in [0.29, 0.717) is 16.8 Å². The third kappa shape index (κ3) is 2.83. The summed E-state index contributed by atoms with van der Waals surface area (Å²) in [7, 11) is 0. The first-order valence-corrected chi connectivity index (χ1v) is 6.02. The summed E-state index contributed by atoms with van der Waals surface area (Å²) in [4.78, 5) is 10.7. The Morgan fingerprint density at radius 2 is 2.18 bits per heavy atom. The van der Waals surface area contributed by atoms with Crippen molar-refractivity contribution in [3.05, 3.63) is 28.2 Å². The second-order valence-electron chi connectivity index (χ2n) is 4.26. The lowest BCUT2D eigenvalue weighted by Crippen LogP contribution is -2.14. The Hall–Kier alpha value is -0.970. The van der Waals surface area contributed by atoms with Crippen LogP contribution < -0.4 is 4.74 Å². The van der Waals surface area contributed by atoms with Crippen LogP contribution in [0.2, 0.25) is 0 Å². The van der Waals surface area contributed by atoms with Gasteiger partial charge in [0.15, 0.2) is 0 Å². The number of carbonyl (C=O) groups excluding carboxylic acids is 1. The van der Waals surface area contributed by atoms with Gasteiger partial charge in [-0.2, -0.15) is 0 Å². The number of hydrogen-bond acceptors (Lipinski definition) is 2. The van der Waals surface area contributed by atoms with Gasteiger partial charge in [0.2, 0.25) is 0 Å². The van der Waals surface area contributed by atoms with Gasteiger partial charge in [0.05, 0.1) is 9.89 Å². The van der Waals surface area contributed by atoms with Gasteiger partial charge in [0.1, 0.15) is 18.6 Å². The summed E-state index contributed by atoms with van der Waals surface area (Å²) in [6, 6.07) is 4.15. The Morgan fingerprint density at radius 3 is 2.65 bits per heavy atom. The van der Waals surface area contributed by atoms with Crippen LogP contribution in [-0.2, 0) is 4.79 Å². The topological polar surface area (TPSA) is 26.3 Å². The standard InChI is InChI=1S/C12H11BrF2O2/c13-9-5-8(11(14)15)1-2-10(9)17-7-12(6-16)3-4-12/h1-2,5-6,11H,3-4,7H2. The van der Waals surface area contributed by atoms with E-state index in [-0.39, 0.29) is 11.0 Å². The maximum Gasteiger partial charge on any atom is 0.263 e. The molecule has 0 unspecified atom stereocenters. The quantitative estimate of drug-likeness (QED) is 0.775. The van der Waals surface area contributed by atoms with E-state index in [1.54, 1.807) is 0 Å². The summed E-state index contributed by atoms with van der Waals surface area (Å²) in [5.41, 5.74) is -0.401. The molecule has 0 saturated heterocycles. The molecule has 0 amide bonds. The van der Waals surface area contributed by atoms with E-state index in [9.17, 15) is 13.6 Å². The molecule has 1 aliphatic rings. The zero-order valence-corrected chi connectivity index (χ0v) is 10.5. The van der Waals surface area contributed by atoms with Crippen LogP contribution in [0.5, 0.6) is 5.75 Å². The average Bonchev–Trinajstić information content (AvgIpc) is 3.08. The van der Waals surface area contributed by atoms with Gasteiger partial charge in [-0.1, -0.05) is 0 Å². The number of rotatable bonds is 5. The summed E-state index contributed by atoms with van der Waals surface area (Å²) in [5, 5.41) is 0. The highest BCUT2D eigenvalue weighted by atomic mass is 79.9. The molecule has 2 rings (SSSR count). The van der Waals surface area contributed by atoms with Crippen LogP contribution in [0.4, 0.5) is 8.78 Å². The predicted octanol–water partition coefficient (Wildman–Crippen LogP) is 3.74. The van der Waals surface area contributed by atoms with Crippen molar-refractivity contribution in [2.75, 3.05) is 6.61 Å². The molecule has 2 nitrogen and oxygen atoms in total. The van der Waals surface area contributed by atoms with Crippen molar-refractivity contribution in [2.45, 2.75) is 19.3 Å². The molecule has 0 aromatic heterocycles. The van der Waals surface area contributed by atoms with Crippen LogP contribution in [-0.4, -0.2) is 12.9 Å². The van der Waals surface area contributed by atoms with Crippen LogP contribution in [0.25, 0.3) is 0 Å². The van der Waals surface area contributed by atoms with Gasteiger partial charge in [0.25, 0.3) is 6.43 Å². The molecule has 1 fully saturated rings. The van der Waals surface area contributed by atoms with E-state index in [1.807, 2.05) is 0 Å². The van der Waals surface area contributed by atoms with Gasteiger partial charge in [-0.3, -0.25) is 0 Å². The highest BCUT2D eigenvalue weighted by Crippen LogP contribution is 2.44. The van der Waals surface area contributed by atoms with Crippen LogP contribution in [0, 0.1) is 5.41 Å². The fourth-order valence-corrected chi connectivity index (χ4v) is 1.96. The lowest BCUT2D eigenvalue weighted by molar-refractivity contribution is -0.113. The van der Waals surface area contributed by atoms with Crippen molar-refractivity contribution in [1.82, 2.24) is 0 Å². The minimum Gasteiger partial charge on any atom is -0.491 e. The van der Waals surface area contributed by atoms with E-state index in [1.165, 1.54) is 18.2 Å². The predicted molar refractivity (Wildman–Crippen MR) is 62.3 cm³/mol. The van der Waals surface area contributed by atoms with Crippen molar-refractivity contribution in [3.63, 3.8) is 0 Å². The van der Waals surface area contributed by atoms with Crippen molar-refractivity contribution < 1.29 is 18.3 Å². The Labute approximate surface area is 106 Å². The molecular formula is C12H11BrF2O2. The summed E-state index contributed by atoms with van der Waals surface area (Å²) < 4.78 is 30.8. The molecule has 0 atom stereocenters. The zero-order chi connectivity index (χ0) is 12.5. The van der Waals surface area contributed by atoms with Gasteiger partial charge >= 0.3 is 0 Å². The molecule has 5 heteroatoms. The van der Waals surface area contributed by atoms with Crippen LogP contribution in [0.1, 0.15) is 24.8 Å². The molecule has 1 aromatic rings. The molecule has 17 heavy (non-hydrogen) atoms. The minimum absolute atomic E-state index is 0.0549. The normalized spacial score (nSPS) is 16.9. The maximum absolute atomic E-state index is 12.4. The molecular weight excluding hydrogens is 294 g/mol. The van der Waals surface area contributed by atoms with Gasteiger partial charge in [-0.05, 0) is 47.0 Å². The van der Waals surface area contributed by atoms with Gasteiger partial charge in [-0.15, -0.1) is 0 Å². The summed E-state index contributed by atoms with van der Waals surface area (Å²) in [6.45, 7) is 0.309. The number of carbonyl (C=O) groups is 1. The number of hydrogen-bond donors (Lipinski definition) is 0. The van der Waals surface area contributed by atoms with Gasteiger partial charge < -0.3 is 9.53 Å². The molecule has 1 aromatic carbocycles. The fourth-order valence-electron chi connectivity index (χ4n) is 1.45. The number of benzene rings is 1.